The van der Waals surface area contributed by atoms with Crippen molar-refractivity contribution in [3.05, 3.63) is 23.8 Å². The molecule has 1 aromatic rings. The van der Waals surface area contributed by atoms with Gasteiger partial charge in [-0.05, 0) is 37.8 Å². The molecule has 1 amide bonds. The highest BCUT2D eigenvalue weighted by Gasteiger charge is 2.18. The van der Waals surface area contributed by atoms with E-state index in [0.29, 0.717) is 6.54 Å². The van der Waals surface area contributed by atoms with E-state index in [0.717, 1.165) is 29.9 Å². The monoisotopic (exact) mass is 278 g/mol. The molecule has 0 bridgehead atoms. The molecule has 0 saturated heterocycles. The average Bonchev–Trinajstić information content (AvgIpc) is 2.98. The number of nitrogens with one attached hydrogen (secondary N) is 1. The third-order valence-electron chi connectivity index (χ3n) is 3.53. The highest BCUT2D eigenvalue weighted by molar-refractivity contribution is 5.77. The van der Waals surface area contributed by atoms with E-state index in [-0.39, 0.29) is 18.6 Å². The lowest BCUT2D eigenvalue weighted by atomic mass is 10.1. The summed E-state index contributed by atoms with van der Waals surface area (Å²) in [4.78, 5) is 11.3. The quantitative estimate of drug-likeness (QED) is 0.829. The first-order chi connectivity index (χ1) is 9.72. The third kappa shape index (κ3) is 3.87. The van der Waals surface area contributed by atoms with Gasteiger partial charge in [-0.2, -0.15) is 0 Å². The fourth-order valence-electron chi connectivity index (χ4n) is 2.37. The second-order valence-electron chi connectivity index (χ2n) is 4.98. The normalized spacial score (nSPS) is 15.1. The summed E-state index contributed by atoms with van der Waals surface area (Å²) in [7, 11) is 1.63. The number of hydrogen-bond acceptors (Lipinski definition) is 4. The van der Waals surface area contributed by atoms with Gasteiger partial charge >= 0.3 is 0 Å². The lowest BCUT2D eigenvalue weighted by molar-refractivity contribution is -0.119. The maximum atomic E-state index is 11.3. The van der Waals surface area contributed by atoms with Gasteiger partial charge in [0.05, 0.1) is 19.8 Å². The molecular formula is C15H22N2O3. The van der Waals surface area contributed by atoms with Gasteiger partial charge in [-0.1, -0.05) is 0 Å². The summed E-state index contributed by atoms with van der Waals surface area (Å²) in [6.45, 7) is 0.414. The molecule has 20 heavy (non-hydrogen) atoms. The van der Waals surface area contributed by atoms with E-state index in [1.165, 1.54) is 12.8 Å². The molecule has 0 atom stereocenters. The van der Waals surface area contributed by atoms with Crippen molar-refractivity contribution in [2.45, 2.75) is 38.3 Å². The van der Waals surface area contributed by atoms with Gasteiger partial charge in [0, 0.05) is 18.2 Å². The number of amides is 1. The van der Waals surface area contributed by atoms with Crippen molar-refractivity contribution in [3.63, 3.8) is 0 Å². The van der Waals surface area contributed by atoms with E-state index >= 15 is 0 Å². The van der Waals surface area contributed by atoms with Crippen molar-refractivity contribution in [1.29, 1.82) is 0 Å². The molecule has 5 nitrogen and oxygen atoms in total. The summed E-state index contributed by atoms with van der Waals surface area (Å²) in [6.07, 6.45) is 4.88. The van der Waals surface area contributed by atoms with Crippen molar-refractivity contribution in [3.8, 4) is 11.5 Å². The van der Waals surface area contributed by atoms with Crippen LogP contribution in [0.5, 0.6) is 11.5 Å². The molecule has 0 unspecified atom stereocenters. The van der Waals surface area contributed by atoms with Crippen molar-refractivity contribution in [2.75, 3.05) is 13.7 Å². The first kappa shape index (κ1) is 14.7. The number of methoxy groups -OCH3 is 1. The van der Waals surface area contributed by atoms with E-state index in [1.807, 2.05) is 18.2 Å². The zero-order valence-corrected chi connectivity index (χ0v) is 11.9. The Hall–Kier alpha value is -1.75. The average molecular weight is 278 g/mol. The van der Waals surface area contributed by atoms with E-state index in [1.54, 1.807) is 7.11 Å². The molecule has 0 aliphatic heterocycles. The van der Waals surface area contributed by atoms with Crippen LogP contribution in [0.25, 0.3) is 0 Å². The molecular weight excluding hydrogens is 256 g/mol. The maximum absolute atomic E-state index is 11.3. The van der Waals surface area contributed by atoms with Gasteiger partial charge in [0.15, 0.2) is 0 Å². The van der Waals surface area contributed by atoms with Crippen LogP contribution in [0, 0.1) is 0 Å². The summed E-state index contributed by atoms with van der Waals surface area (Å²) in [6, 6.07) is 5.66. The van der Waals surface area contributed by atoms with Crippen molar-refractivity contribution in [2.24, 2.45) is 5.73 Å². The van der Waals surface area contributed by atoms with E-state index in [4.69, 9.17) is 15.2 Å². The predicted molar refractivity (Wildman–Crippen MR) is 76.8 cm³/mol. The minimum atomic E-state index is -0.173. The fraction of sp³-hybridized carbons (Fsp3) is 0.533. The highest BCUT2D eigenvalue weighted by Crippen LogP contribution is 2.29. The van der Waals surface area contributed by atoms with Gasteiger partial charge in [-0.15, -0.1) is 0 Å². The Morgan fingerprint density at radius 1 is 1.40 bits per heavy atom. The summed E-state index contributed by atoms with van der Waals surface area (Å²) in [5.74, 6) is 1.37. The first-order valence-corrected chi connectivity index (χ1v) is 7.03. The first-order valence-electron chi connectivity index (χ1n) is 7.03. The SMILES string of the molecule is COc1ccc(CNC(=O)CN)c(OC2CCCC2)c1. The standard InChI is InChI=1S/C15H22N2O3/c1-19-13-7-6-11(10-17-15(18)9-16)14(8-13)20-12-4-2-3-5-12/h6-8,12H,2-5,9-10,16H2,1H3,(H,17,18). The van der Waals surface area contributed by atoms with E-state index < -0.39 is 0 Å². The molecule has 2 rings (SSSR count). The maximum Gasteiger partial charge on any atom is 0.234 e. The molecule has 0 heterocycles. The highest BCUT2D eigenvalue weighted by atomic mass is 16.5. The third-order valence-corrected chi connectivity index (χ3v) is 3.53. The molecule has 1 aliphatic carbocycles. The van der Waals surface area contributed by atoms with Crippen LogP contribution in [0.2, 0.25) is 0 Å². The number of carbonyl (C=O) groups excluding carboxylic acids is 1. The Morgan fingerprint density at radius 3 is 2.80 bits per heavy atom. The lowest BCUT2D eigenvalue weighted by Gasteiger charge is -2.17. The number of hydrogen-bond donors (Lipinski definition) is 2. The fourth-order valence-corrected chi connectivity index (χ4v) is 2.37. The molecule has 1 saturated carbocycles. The Balaban J connectivity index is 2.09. The second kappa shape index (κ2) is 7.14. The van der Waals surface area contributed by atoms with Crippen molar-refractivity contribution < 1.29 is 14.3 Å². The van der Waals surface area contributed by atoms with Crippen LogP contribution in [0.4, 0.5) is 0 Å². The van der Waals surface area contributed by atoms with Gasteiger partial charge in [-0.3, -0.25) is 4.79 Å². The molecule has 3 N–H and O–H groups in total. The van der Waals surface area contributed by atoms with Crippen LogP contribution >= 0.6 is 0 Å². The van der Waals surface area contributed by atoms with Crippen LogP contribution in [0.3, 0.4) is 0 Å². The predicted octanol–water partition coefficient (Wildman–Crippen LogP) is 1.59. The second-order valence-corrected chi connectivity index (χ2v) is 4.98. The number of carbonyl (C=O) groups is 1. The molecule has 5 heteroatoms. The van der Waals surface area contributed by atoms with Gasteiger partial charge < -0.3 is 20.5 Å². The molecule has 1 aromatic carbocycles. The lowest BCUT2D eigenvalue weighted by Crippen LogP contribution is -2.30. The minimum absolute atomic E-state index is 0.00499. The summed E-state index contributed by atoms with van der Waals surface area (Å²) < 4.78 is 11.3. The smallest absolute Gasteiger partial charge is 0.234 e. The molecule has 1 fully saturated rings. The van der Waals surface area contributed by atoms with Gasteiger partial charge in [-0.25, -0.2) is 0 Å². The van der Waals surface area contributed by atoms with Gasteiger partial charge in [0.2, 0.25) is 5.91 Å². The van der Waals surface area contributed by atoms with Crippen molar-refractivity contribution in [1.82, 2.24) is 5.32 Å². The Morgan fingerprint density at radius 2 is 2.15 bits per heavy atom. The molecule has 0 radical (unpaired) electrons. The Labute approximate surface area is 119 Å². The molecule has 0 aromatic heterocycles. The summed E-state index contributed by atoms with van der Waals surface area (Å²) in [5.41, 5.74) is 6.23. The topological polar surface area (TPSA) is 73.6 Å². The van der Waals surface area contributed by atoms with Crippen LogP contribution in [-0.4, -0.2) is 25.7 Å². The van der Waals surface area contributed by atoms with Crippen LogP contribution in [0.1, 0.15) is 31.2 Å². The van der Waals surface area contributed by atoms with Crippen LogP contribution in [0.15, 0.2) is 18.2 Å². The van der Waals surface area contributed by atoms with E-state index in [9.17, 15) is 4.79 Å². The summed E-state index contributed by atoms with van der Waals surface area (Å²) in [5, 5.41) is 2.77. The van der Waals surface area contributed by atoms with Crippen LogP contribution in [-0.2, 0) is 11.3 Å². The number of benzene rings is 1. The number of nitrogens with two attached hydrogens (primary N) is 1. The van der Waals surface area contributed by atoms with Crippen LogP contribution < -0.4 is 20.5 Å². The van der Waals surface area contributed by atoms with Gasteiger partial charge in [0.1, 0.15) is 11.5 Å². The minimum Gasteiger partial charge on any atom is -0.497 e. The Bertz CT molecular complexity index is 456. The number of rotatable bonds is 6. The zero-order chi connectivity index (χ0) is 14.4. The molecule has 0 spiro atoms. The Kier molecular flexibility index (Phi) is 5.24. The van der Waals surface area contributed by atoms with E-state index in [2.05, 4.69) is 5.32 Å². The zero-order valence-electron chi connectivity index (χ0n) is 11.9. The number of ether oxygens (including phenoxy) is 2. The summed E-state index contributed by atoms with van der Waals surface area (Å²) >= 11 is 0. The molecule has 110 valence electrons. The largest absolute Gasteiger partial charge is 0.497 e. The van der Waals surface area contributed by atoms with Gasteiger partial charge in [0.25, 0.3) is 0 Å². The van der Waals surface area contributed by atoms with Crippen molar-refractivity contribution >= 4 is 5.91 Å². The molecule has 1 aliphatic rings.